The van der Waals surface area contributed by atoms with Gasteiger partial charge in [0, 0.05) is 36.7 Å². The summed E-state index contributed by atoms with van der Waals surface area (Å²) in [5.41, 5.74) is 0.257. The first-order valence-electron chi connectivity index (χ1n) is 15.0. The zero-order valence-electron chi connectivity index (χ0n) is 24.7. The van der Waals surface area contributed by atoms with Crippen molar-refractivity contribution in [3.05, 3.63) is 58.7 Å². The Labute approximate surface area is 247 Å². The van der Waals surface area contributed by atoms with Crippen LogP contribution in [-0.2, 0) is 14.4 Å². The number of carbonyl (C=O) groups excluding carboxylic acids is 5. The number of amides is 2. The summed E-state index contributed by atoms with van der Waals surface area (Å²) in [7, 11) is 1.52. The fourth-order valence-corrected chi connectivity index (χ4v) is 4.96. The lowest BCUT2D eigenvalue weighted by molar-refractivity contribution is -0.136. The SMILES string of the molecule is CCCCCCCCCCCCC(=O)NCC(=O)N(C)CCC(=O)Oc1ccc2c(c1O)C(=O)c1ccccc1C2=O. The number of hydrogen-bond donors (Lipinski definition) is 2. The fraction of sp³-hybridized carbons (Fsp3) is 0.485. The van der Waals surface area contributed by atoms with Crippen LogP contribution in [0, 0.1) is 0 Å². The highest BCUT2D eigenvalue weighted by molar-refractivity contribution is 6.29. The summed E-state index contributed by atoms with van der Waals surface area (Å²) >= 11 is 0. The van der Waals surface area contributed by atoms with Crippen molar-refractivity contribution in [1.29, 1.82) is 0 Å². The van der Waals surface area contributed by atoms with Crippen LogP contribution in [-0.4, -0.2) is 59.5 Å². The largest absolute Gasteiger partial charge is 0.504 e. The third-order valence-electron chi connectivity index (χ3n) is 7.52. The Morgan fingerprint density at radius 1 is 0.786 bits per heavy atom. The average molecular weight is 579 g/mol. The smallest absolute Gasteiger partial charge is 0.313 e. The molecule has 0 bridgehead atoms. The highest BCUT2D eigenvalue weighted by Crippen LogP contribution is 2.38. The predicted octanol–water partition coefficient (Wildman–Crippen LogP) is 5.35. The molecule has 2 amide bonds. The number of benzene rings is 2. The average Bonchev–Trinajstić information content (AvgIpc) is 2.99. The summed E-state index contributed by atoms with van der Waals surface area (Å²) in [5.74, 6) is -3.01. The van der Waals surface area contributed by atoms with E-state index in [2.05, 4.69) is 12.2 Å². The van der Waals surface area contributed by atoms with E-state index in [4.69, 9.17) is 4.74 Å². The number of aromatic hydroxyl groups is 1. The quantitative estimate of drug-likeness (QED) is 0.125. The Hall–Kier alpha value is -4.01. The Balaban J connectivity index is 1.35. The normalized spacial score (nSPS) is 12.0. The summed E-state index contributed by atoms with van der Waals surface area (Å²) < 4.78 is 5.25. The number of rotatable bonds is 17. The van der Waals surface area contributed by atoms with Gasteiger partial charge in [-0.3, -0.25) is 24.0 Å². The number of nitrogens with one attached hydrogen (secondary N) is 1. The summed E-state index contributed by atoms with van der Waals surface area (Å²) in [6.07, 6.45) is 12.0. The van der Waals surface area contributed by atoms with Gasteiger partial charge < -0.3 is 20.1 Å². The van der Waals surface area contributed by atoms with Crippen LogP contribution in [0.25, 0.3) is 0 Å². The molecule has 0 unspecified atom stereocenters. The van der Waals surface area contributed by atoms with Gasteiger partial charge >= 0.3 is 5.97 Å². The van der Waals surface area contributed by atoms with E-state index in [1.54, 1.807) is 18.2 Å². The number of ether oxygens (including phenoxy) is 1. The number of fused-ring (bicyclic) bond motifs is 2. The molecule has 2 aromatic rings. The Bertz CT molecular complexity index is 1290. The van der Waals surface area contributed by atoms with E-state index in [9.17, 15) is 29.1 Å². The second-order valence-electron chi connectivity index (χ2n) is 10.8. The van der Waals surface area contributed by atoms with Gasteiger partial charge in [-0.25, -0.2) is 0 Å². The molecule has 0 saturated heterocycles. The van der Waals surface area contributed by atoms with Crippen molar-refractivity contribution >= 4 is 29.4 Å². The number of esters is 1. The van der Waals surface area contributed by atoms with Gasteiger partial charge in [-0.2, -0.15) is 0 Å². The maximum Gasteiger partial charge on any atom is 0.313 e. The first-order valence-corrected chi connectivity index (χ1v) is 15.0. The first kappa shape index (κ1) is 32.5. The molecule has 0 fully saturated rings. The number of ketones is 2. The van der Waals surface area contributed by atoms with Gasteiger partial charge in [0.2, 0.25) is 11.8 Å². The van der Waals surface area contributed by atoms with E-state index >= 15 is 0 Å². The van der Waals surface area contributed by atoms with Crippen LogP contribution in [0.4, 0.5) is 0 Å². The van der Waals surface area contributed by atoms with E-state index in [1.807, 2.05) is 0 Å². The molecule has 0 atom stereocenters. The molecule has 3 rings (SSSR count). The molecule has 0 radical (unpaired) electrons. The number of unbranched alkanes of at least 4 members (excludes halogenated alkanes) is 9. The van der Waals surface area contributed by atoms with E-state index in [0.29, 0.717) is 6.42 Å². The lowest BCUT2D eigenvalue weighted by atomic mass is 9.83. The Kier molecular flexibility index (Phi) is 12.7. The van der Waals surface area contributed by atoms with Crippen molar-refractivity contribution < 1.29 is 33.8 Å². The maximum absolute atomic E-state index is 12.9. The van der Waals surface area contributed by atoms with Crippen LogP contribution in [0.1, 0.15) is 116 Å². The molecule has 1 aliphatic rings. The molecule has 0 heterocycles. The minimum absolute atomic E-state index is 0.0302. The molecule has 0 saturated carbocycles. The first-order chi connectivity index (χ1) is 20.2. The molecule has 226 valence electrons. The van der Waals surface area contributed by atoms with Crippen LogP contribution in [0.15, 0.2) is 36.4 Å². The molecule has 1 aliphatic carbocycles. The van der Waals surface area contributed by atoms with E-state index < -0.39 is 23.3 Å². The van der Waals surface area contributed by atoms with E-state index in [1.165, 1.54) is 75.1 Å². The van der Waals surface area contributed by atoms with Crippen molar-refractivity contribution in [2.45, 2.75) is 84.0 Å². The van der Waals surface area contributed by atoms with Gasteiger partial charge in [-0.05, 0) is 18.6 Å². The highest BCUT2D eigenvalue weighted by atomic mass is 16.5. The van der Waals surface area contributed by atoms with Crippen molar-refractivity contribution in [3.8, 4) is 11.5 Å². The number of nitrogens with zero attached hydrogens (tertiary/aromatic N) is 1. The van der Waals surface area contributed by atoms with Gasteiger partial charge in [0.1, 0.15) is 0 Å². The molecular weight excluding hydrogens is 536 g/mol. The van der Waals surface area contributed by atoms with E-state index in [-0.39, 0.29) is 59.3 Å². The summed E-state index contributed by atoms with van der Waals surface area (Å²) in [4.78, 5) is 64.0. The number of phenols is 1. The second-order valence-corrected chi connectivity index (χ2v) is 10.8. The fourth-order valence-electron chi connectivity index (χ4n) is 4.96. The van der Waals surface area contributed by atoms with Gasteiger partial charge in [0.15, 0.2) is 23.1 Å². The molecule has 9 heteroatoms. The van der Waals surface area contributed by atoms with Crippen molar-refractivity contribution in [2.24, 2.45) is 0 Å². The molecule has 0 aromatic heterocycles. The lowest BCUT2D eigenvalue weighted by Gasteiger charge is -2.20. The number of phenolic OH excluding ortho intramolecular Hbond substituents is 1. The van der Waals surface area contributed by atoms with Gasteiger partial charge in [0.25, 0.3) is 0 Å². The Morgan fingerprint density at radius 2 is 1.38 bits per heavy atom. The van der Waals surface area contributed by atoms with Crippen molar-refractivity contribution in [3.63, 3.8) is 0 Å². The van der Waals surface area contributed by atoms with Gasteiger partial charge in [0.05, 0.1) is 18.5 Å². The van der Waals surface area contributed by atoms with Crippen LogP contribution in [0.3, 0.4) is 0 Å². The zero-order valence-corrected chi connectivity index (χ0v) is 24.7. The molecule has 0 spiro atoms. The minimum atomic E-state index is -0.732. The molecular formula is C33H42N2O7. The number of hydrogen-bond acceptors (Lipinski definition) is 7. The third-order valence-corrected chi connectivity index (χ3v) is 7.52. The zero-order chi connectivity index (χ0) is 30.5. The number of carbonyl (C=O) groups is 5. The molecule has 2 aromatic carbocycles. The van der Waals surface area contributed by atoms with Crippen molar-refractivity contribution in [2.75, 3.05) is 20.1 Å². The van der Waals surface area contributed by atoms with Crippen molar-refractivity contribution in [1.82, 2.24) is 10.2 Å². The minimum Gasteiger partial charge on any atom is -0.504 e. The van der Waals surface area contributed by atoms with Gasteiger partial charge in [-0.15, -0.1) is 0 Å². The molecule has 42 heavy (non-hydrogen) atoms. The standard InChI is InChI=1S/C33H42N2O7/c1-3-4-5-6-7-8-9-10-11-12-17-27(36)34-22-28(37)35(2)21-20-29(38)42-26-19-18-25-30(33(26)41)32(40)24-16-14-13-15-23(24)31(25)39/h13-16,18-19,41H,3-12,17,20-22H2,1-2H3,(H,34,36). The predicted molar refractivity (Wildman–Crippen MR) is 159 cm³/mol. The highest BCUT2D eigenvalue weighted by Gasteiger charge is 2.33. The summed E-state index contributed by atoms with van der Waals surface area (Å²) in [6.45, 7) is 2.08. The molecule has 9 nitrogen and oxygen atoms in total. The van der Waals surface area contributed by atoms with Crippen LogP contribution in [0.5, 0.6) is 11.5 Å². The van der Waals surface area contributed by atoms with Crippen LogP contribution < -0.4 is 10.1 Å². The van der Waals surface area contributed by atoms with Crippen LogP contribution >= 0.6 is 0 Å². The third kappa shape index (κ3) is 8.99. The Morgan fingerprint density at radius 3 is 2.02 bits per heavy atom. The monoisotopic (exact) mass is 578 g/mol. The van der Waals surface area contributed by atoms with Crippen LogP contribution in [0.2, 0.25) is 0 Å². The molecule has 2 N–H and O–H groups in total. The topological polar surface area (TPSA) is 130 Å². The summed E-state index contributed by atoms with van der Waals surface area (Å²) in [6, 6.07) is 8.94. The maximum atomic E-state index is 12.9. The van der Waals surface area contributed by atoms with Gasteiger partial charge in [-0.1, -0.05) is 89.0 Å². The summed E-state index contributed by atoms with van der Waals surface area (Å²) in [5, 5.41) is 13.3. The lowest BCUT2D eigenvalue weighted by Crippen LogP contribution is -2.39. The molecule has 0 aliphatic heterocycles. The van der Waals surface area contributed by atoms with E-state index in [0.717, 1.165) is 19.3 Å². The second kappa shape index (κ2) is 16.4. The number of likely N-dealkylation sites (N-methyl/N-ethyl adjacent to an activating group) is 1.